The van der Waals surface area contributed by atoms with E-state index in [1.54, 1.807) is 37.3 Å². The Morgan fingerprint density at radius 2 is 1.76 bits per heavy atom. The molecule has 0 bridgehead atoms. The van der Waals surface area contributed by atoms with Crippen LogP contribution in [0.15, 0.2) is 47.7 Å². The molecule has 2 aliphatic heterocycles. The molecule has 204 valence electrons. The number of hydrogen-bond acceptors (Lipinski definition) is 12. The Kier molecular flexibility index (Phi) is 10.2. The highest BCUT2D eigenvalue weighted by Crippen LogP contribution is 2.36. The third-order valence-corrected chi connectivity index (χ3v) is 6.16. The molecule has 12 nitrogen and oxygen atoms in total. The van der Waals surface area contributed by atoms with Crippen molar-refractivity contribution in [1.82, 2.24) is 0 Å². The van der Waals surface area contributed by atoms with Crippen molar-refractivity contribution >= 4 is 11.9 Å². The molecule has 37 heavy (non-hydrogen) atoms. The fraction of sp³-hybridized carbons (Fsp3) is 0.520. The normalized spacial score (nSPS) is 30.8. The number of ether oxygens (including phenoxy) is 5. The van der Waals surface area contributed by atoms with Crippen molar-refractivity contribution in [3.8, 4) is 5.75 Å². The van der Waals surface area contributed by atoms with Gasteiger partial charge in [-0.05, 0) is 31.0 Å². The van der Waals surface area contributed by atoms with E-state index >= 15 is 0 Å². The van der Waals surface area contributed by atoms with Gasteiger partial charge in [0.25, 0.3) is 0 Å². The molecule has 1 aromatic rings. The summed E-state index contributed by atoms with van der Waals surface area (Å²) < 4.78 is 26.9. The second-order valence-corrected chi connectivity index (χ2v) is 8.50. The summed E-state index contributed by atoms with van der Waals surface area (Å²) in [5.41, 5.74) is 1.21. The Bertz CT molecular complexity index is 986. The summed E-state index contributed by atoms with van der Waals surface area (Å²) in [5, 5.41) is 48.8. The minimum atomic E-state index is -1.68. The van der Waals surface area contributed by atoms with E-state index in [9.17, 15) is 30.0 Å². The van der Waals surface area contributed by atoms with Crippen molar-refractivity contribution in [3.05, 3.63) is 53.3 Å². The predicted molar refractivity (Wildman–Crippen MR) is 125 cm³/mol. The smallest absolute Gasteiger partial charge is 0.337 e. The minimum absolute atomic E-state index is 0.00991. The van der Waals surface area contributed by atoms with Gasteiger partial charge >= 0.3 is 11.9 Å². The number of aliphatic hydroxyl groups is 5. The SMILES string of the molecule is C/C=C1\[C@H](O[C@@H]2O[C@H](CO)[C@@H](O)[C@H](O)[C@H]2O)OC=C(C(=O)OC)[C@H]1CC(=O)Oc1ccc(CCO)cc1. The monoisotopic (exact) mass is 524 g/mol. The fourth-order valence-corrected chi connectivity index (χ4v) is 4.12. The first-order valence-electron chi connectivity index (χ1n) is 11.7. The van der Waals surface area contributed by atoms with Gasteiger partial charge in [-0.2, -0.15) is 0 Å². The van der Waals surface area contributed by atoms with E-state index in [0.717, 1.165) is 11.8 Å². The van der Waals surface area contributed by atoms with Crippen LogP contribution in [0.2, 0.25) is 0 Å². The van der Waals surface area contributed by atoms with Gasteiger partial charge in [0.2, 0.25) is 6.29 Å². The molecular formula is C25H32O12. The van der Waals surface area contributed by atoms with Gasteiger partial charge in [0.1, 0.15) is 30.2 Å². The standard InChI is InChI=1S/C25H32O12/c1-3-15-16(10-19(28)35-14-6-4-13(5-7-14)8-9-26)17(23(32)33-2)12-34-24(15)37-25-22(31)21(30)20(29)18(11-27)36-25/h3-7,12,16,18,20-22,24-27,29-31H,8-11H2,1-2H3/b15-3-/t16-,18+,20+,21-,22+,24-,25-/m0/s1. The van der Waals surface area contributed by atoms with Gasteiger partial charge in [-0.25, -0.2) is 4.79 Å². The van der Waals surface area contributed by atoms with E-state index in [0.29, 0.717) is 12.0 Å². The molecule has 0 spiro atoms. The van der Waals surface area contributed by atoms with Gasteiger partial charge in [0.05, 0.1) is 32.0 Å². The summed E-state index contributed by atoms with van der Waals surface area (Å²) in [4.78, 5) is 25.2. The molecular weight excluding hydrogens is 492 g/mol. The number of rotatable bonds is 9. The zero-order chi connectivity index (χ0) is 27.1. The molecule has 1 aromatic carbocycles. The van der Waals surface area contributed by atoms with E-state index in [-0.39, 0.29) is 24.4 Å². The zero-order valence-corrected chi connectivity index (χ0v) is 20.4. The maximum atomic E-state index is 12.8. The Morgan fingerprint density at radius 3 is 2.35 bits per heavy atom. The number of carbonyl (C=O) groups is 2. The second-order valence-electron chi connectivity index (χ2n) is 8.50. The molecule has 2 heterocycles. The van der Waals surface area contributed by atoms with Crippen LogP contribution in [0.4, 0.5) is 0 Å². The molecule has 0 saturated carbocycles. The average molecular weight is 525 g/mol. The first kappa shape index (κ1) is 28.7. The van der Waals surface area contributed by atoms with Crippen LogP contribution in [-0.2, 0) is 35.0 Å². The summed E-state index contributed by atoms with van der Waals surface area (Å²) in [5.74, 6) is -2.01. The maximum absolute atomic E-state index is 12.8. The Hall–Kier alpha value is -2.84. The van der Waals surface area contributed by atoms with Crippen LogP contribution >= 0.6 is 0 Å². The van der Waals surface area contributed by atoms with Crippen molar-refractivity contribution in [2.75, 3.05) is 20.3 Å². The summed E-state index contributed by atoms with van der Waals surface area (Å²) in [7, 11) is 1.18. The lowest BCUT2D eigenvalue weighted by Crippen LogP contribution is -2.60. The van der Waals surface area contributed by atoms with Crippen LogP contribution in [-0.4, -0.2) is 94.8 Å². The summed E-state index contributed by atoms with van der Waals surface area (Å²) in [6.07, 6.45) is -6.06. The third kappa shape index (κ3) is 6.73. The van der Waals surface area contributed by atoms with Gasteiger partial charge < -0.3 is 49.2 Å². The number of hydrogen-bond donors (Lipinski definition) is 5. The minimum Gasteiger partial charge on any atom is -0.468 e. The van der Waals surface area contributed by atoms with E-state index in [2.05, 4.69) is 0 Å². The fourth-order valence-electron chi connectivity index (χ4n) is 4.12. The first-order valence-corrected chi connectivity index (χ1v) is 11.7. The molecule has 0 amide bonds. The lowest BCUT2D eigenvalue weighted by atomic mass is 9.86. The molecule has 7 atom stereocenters. The van der Waals surface area contributed by atoms with Gasteiger partial charge in [-0.15, -0.1) is 0 Å². The van der Waals surface area contributed by atoms with Crippen molar-refractivity contribution < 1.29 is 58.8 Å². The Balaban J connectivity index is 1.78. The van der Waals surface area contributed by atoms with Crippen LogP contribution < -0.4 is 4.74 Å². The molecule has 0 aliphatic carbocycles. The molecule has 0 radical (unpaired) electrons. The highest BCUT2D eigenvalue weighted by Gasteiger charge is 2.46. The number of carbonyl (C=O) groups excluding carboxylic acids is 2. The second kappa shape index (κ2) is 13.1. The van der Waals surface area contributed by atoms with Crippen LogP contribution in [0.3, 0.4) is 0 Å². The molecule has 2 aliphatic rings. The summed E-state index contributed by atoms with van der Waals surface area (Å²) in [6.45, 7) is 0.972. The largest absolute Gasteiger partial charge is 0.468 e. The molecule has 3 rings (SSSR count). The van der Waals surface area contributed by atoms with E-state index in [1.165, 1.54) is 7.11 Å². The van der Waals surface area contributed by atoms with Gasteiger partial charge in [0.15, 0.2) is 6.29 Å². The van der Waals surface area contributed by atoms with Crippen LogP contribution in [0.5, 0.6) is 5.75 Å². The first-order chi connectivity index (χ1) is 17.7. The lowest BCUT2D eigenvalue weighted by molar-refractivity contribution is -0.327. The van der Waals surface area contributed by atoms with Crippen molar-refractivity contribution in [2.45, 2.75) is 56.8 Å². The number of esters is 2. The van der Waals surface area contributed by atoms with Gasteiger partial charge in [0, 0.05) is 18.1 Å². The zero-order valence-electron chi connectivity index (χ0n) is 20.4. The highest BCUT2D eigenvalue weighted by molar-refractivity contribution is 5.91. The Morgan fingerprint density at radius 1 is 1.05 bits per heavy atom. The van der Waals surface area contributed by atoms with E-state index < -0.39 is 61.5 Å². The molecule has 1 fully saturated rings. The molecule has 12 heteroatoms. The number of aliphatic hydroxyl groups excluding tert-OH is 5. The lowest BCUT2D eigenvalue weighted by Gasteiger charge is -2.41. The van der Waals surface area contributed by atoms with Crippen LogP contribution in [0.25, 0.3) is 0 Å². The molecule has 5 N–H and O–H groups in total. The molecule has 0 aromatic heterocycles. The summed E-state index contributed by atoms with van der Waals surface area (Å²) in [6, 6.07) is 6.61. The quantitative estimate of drug-likeness (QED) is 0.156. The summed E-state index contributed by atoms with van der Waals surface area (Å²) >= 11 is 0. The third-order valence-electron chi connectivity index (χ3n) is 6.16. The van der Waals surface area contributed by atoms with Crippen LogP contribution in [0.1, 0.15) is 18.9 Å². The topological polar surface area (TPSA) is 181 Å². The van der Waals surface area contributed by atoms with E-state index in [1.807, 2.05) is 0 Å². The van der Waals surface area contributed by atoms with Crippen molar-refractivity contribution in [2.24, 2.45) is 5.92 Å². The number of methoxy groups -OCH3 is 1. The number of allylic oxidation sites excluding steroid dienone is 1. The van der Waals surface area contributed by atoms with Crippen molar-refractivity contribution in [3.63, 3.8) is 0 Å². The Labute approximate surface area is 213 Å². The van der Waals surface area contributed by atoms with Crippen LogP contribution in [0, 0.1) is 5.92 Å². The van der Waals surface area contributed by atoms with Gasteiger partial charge in [-0.3, -0.25) is 4.79 Å². The predicted octanol–water partition coefficient (Wildman–Crippen LogP) is -0.691. The average Bonchev–Trinajstić information content (AvgIpc) is 2.90. The number of benzene rings is 1. The van der Waals surface area contributed by atoms with Crippen molar-refractivity contribution in [1.29, 1.82) is 0 Å². The molecule has 0 unspecified atom stereocenters. The maximum Gasteiger partial charge on any atom is 0.337 e. The van der Waals surface area contributed by atoms with Gasteiger partial charge in [-0.1, -0.05) is 18.2 Å². The van der Waals surface area contributed by atoms with E-state index in [4.69, 9.17) is 28.8 Å². The molecule has 1 saturated heterocycles. The highest BCUT2D eigenvalue weighted by atomic mass is 16.8.